The van der Waals surface area contributed by atoms with Crippen molar-refractivity contribution in [3.8, 4) is 5.75 Å². The van der Waals surface area contributed by atoms with Gasteiger partial charge in [-0.25, -0.2) is 8.42 Å². The van der Waals surface area contributed by atoms with E-state index in [-0.39, 0.29) is 15.6 Å². The minimum atomic E-state index is -4.02. The molecule has 30 heavy (non-hydrogen) atoms. The zero-order valence-electron chi connectivity index (χ0n) is 15.9. The number of carbonyl (C=O) groups is 1. The number of nitrogens with zero attached hydrogens (tertiary/aromatic N) is 1. The van der Waals surface area contributed by atoms with Crippen LogP contribution in [0.25, 0.3) is 0 Å². The zero-order chi connectivity index (χ0) is 21.7. The van der Waals surface area contributed by atoms with Crippen molar-refractivity contribution in [2.24, 2.45) is 0 Å². The van der Waals surface area contributed by atoms with Gasteiger partial charge in [0.2, 0.25) is 5.91 Å². The summed E-state index contributed by atoms with van der Waals surface area (Å²) in [6.45, 7) is -0.438. The summed E-state index contributed by atoms with van der Waals surface area (Å²) < 4.78 is 33.5. The Morgan fingerprint density at radius 2 is 1.80 bits per heavy atom. The lowest BCUT2D eigenvalue weighted by molar-refractivity contribution is -0.114. The second-order valence-corrected chi connectivity index (χ2v) is 9.39. The highest BCUT2D eigenvalue weighted by atomic mass is 79.9. The minimum absolute atomic E-state index is 0.0622. The third kappa shape index (κ3) is 5.13. The normalized spacial score (nSPS) is 11.0. The van der Waals surface area contributed by atoms with E-state index < -0.39 is 22.5 Å². The first-order valence-corrected chi connectivity index (χ1v) is 11.4. The Bertz CT molecular complexity index is 1160. The summed E-state index contributed by atoms with van der Waals surface area (Å²) >= 11 is 9.54. The third-order valence-electron chi connectivity index (χ3n) is 4.15. The highest BCUT2D eigenvalue weighted by Crippen LogP contribution is 2.32. The summed E-state index contributed by atoms with van der Waals surface area (Å²) in [5.41, 5.74) is 0.785. The third-order valence-corrected chi connectivity index (χ3v) is 6.73. The summed E-state index contributed by atoms with van der Waals surface area (Å²) in [4.78, 5) is 12.8. The van der Waals surface area contributed by atoms with Crippen molar-refractivity contribution in [3.63, 3.8) is 0 Å². The van der Waals surface area contributed by atoms with Gasteiger partial charge in [0.25, 0.3) is 10.0 Å². The van der Waals surface area contributed by atoms with Gasteiger partial charge in [-0.15, -0.1) is 0 Å². The summed E-state index contributed by atoms with van der Waals surface area (Å²) in [5.74, 6) is -0.101. The number of rotatable bonds is 7. The number of hydrogen-bond acceptors (Lipinski definition) is 4. The van der Waals surface area contributed by atoms with Crippen LogP contribution in [0.15, 0.2) is 82.2 Å². The Morgan fingerprint density at radius 1 is 1.07 bits per heavy atom. The lowest BCUT2D eigenvalue weighted by atomic mass is 10.3. The standard InChI is InChI=1S/C21H18BrClN2O4S/c1-29-20-11-10-17(13-19(20)23)25(30(27,28)18-8-3-2-4-9-18)14-21(26)24-16-7-5-6-15(22)12-16/h2-13H,14H2,1H3,(H,24,26). The Kier molecular flexibility index (Phi) is 7.02. The molecule has 1 N–H and O–H groups in total. The summed E-state index contributed by atoms with van der Waals surface area (Å²) in [6, 6.07) is 19.5. The molecule has 0 unspecified atom stereocenters. The lowest BCUT2D eigenvalue weighted by Crippen LogP contribution is -2.38. The van der Waals surface area contributed by atoms with E-state index in [0.717, 1.165) is 8.78 Å². The van der Waals surface area contributed by atoms with E-state index >= 15 is 0 Å². The van der Waals surface area contributed by atoms with Crippen LogP contribution in [0.4, 0.5) is 11.4 Å². The molecule has 0 heterocycles. The Balaban J connectivity index is 1.97. The fraction of sp³-hybridized carbons (Fsp3) is 0.0952. The van der Waals surface area contributed by atoms with Crippen LogP contribution in [0.3, 0.4) is 0 Å². The molecule has 1 amide bonds. The van der Waals surface area contributed by atoms with Gasteiger partial charge in [0.1, 0.15) is 12.3 Å². The molecule has 3 rings (SSSR count). The molecule has 0 spiro atoms. The number of amides is 1. The molecule has 0 aromatic heterocycles. The SMILES string of the molecule is COc1ccc(N(CC(=O)Nc2cccc(Br)c2)S(=O)(=O)c2ccccc2)cc1Cl. The van der Waals surface area contributed by atoms with E-state index in [0.29, 0.717) is 11.4 Å². The molecular weight excluding hydrogens is 492 g/mol. The second-order valence-electron chi connectivity index (χ2n) is 6.20. The van der Waals surface area contributed by atoms with Crippen LogP contribution in [0, 0.1) is 0 Å². The molecule has 0 aliphatic heterocycles. The van der Waals surface area contributed by atoms with E-state index in [2.05, 4.69) is 21.2 Å². The van der Waals surface area contributed by atoms with Crippen molar-refractivity contribution in [3.05, 3.63) is 82.3 Å². The van der Waals surface area contributed by atoms with Crippen LogP contribution < -0.4 is 14.4 Å². The smallest absolute Gasteiger partial charge is 0.264 e. The van der Waals surface area contributed by atoms with Crippen molar-refractivity contribution in [2.45, 2.75) is 4.90 Å². The molecule has 0 fully saturated rings. The molecule has 0 atom stereocenters. The molecule has 0 radical (unpaired) electrons. The Morgan fingerprint density at radius 3 is 2.43 bits per heavy atom. The quantitative estimate of drug-likeness (QED) is 0.489. The number of halogens is 2. The van der Waals surface area contributed by atoms with Crippen LogP contribution in [-0.2, 0) is 14.8 Å². The molecule has 0 aliphatic carbocycles. The largest absolute Gasteiger partial charge is 0.495 e. The van der Waals surface area contributed by atoms with Gasteiger partial charge < -0.3 is 10.1 Å². The van der Waals surface area contributed by atoms with E-state index in [9.17, 15) is 13.2 Å². The van der Waals surface area contributed by atoms with E-state index in [1.165, 1.54) is 31.4 Å². The molecule has 3 aromatic carbocycles. The van der Waals surface area contributed by atoms with Gasteiger partial charge in [-0.1, -0.05) is 51.8 Å². The molecule has 0 saturated heterocycles. The van der Waals surface area contributed by atoms with Crippen molar-refractivity contribution in [1.82, 2.24) is 0 Å². The maximum absolute atomic E-state index is 13.3. The number of ether oxygens (including phenoxy) is 1. The molecule has 9 heteroatoms. The maximum Gasteiger partial charge on any atom is 0.264 e. The van der Waals surface area contributed by atoms with Crippen molar-refractivity contribution in [1.29, 1.82) is 0 Å². The van der Waals surface area contributed by atoms with E-state index in [1.54, 1.807) is 42.5 Å². The topological polar surface area (TPSA) is 75.7 Å². The van der Waals surface area contributed by atoms with Gasteiger partial charge in [-0.05, 0) is 48.5 Å². The van der Waals surface area contributed by atoms with Crippen LogP contribution >= 0.6 is 27.5 Å². The fourth-order valence-corrected chi connectivity index (χ4v) is 4.83. The van der Waals surface area contributed by atoms with Gasteiger partial charge >= 0.3 is 0 Å². The zero-order valence-corrected chi connectivity index (χ0v) is 19.0. The Hall–Kier alpha value is -2.55. The van der Waals surface area contributed by atoms with E-state index in [1.807, 2.05) is 6.07 Å². The lowest BCUT2D eigenvalue weighted by Gasteiger charge is -2.24. The second kappa shape index (κ2) is 9.51. The first-order chi connectivity index (χ1) is 14.3. The van der Waals surface area contributed by atoms with Gasteiger partial charge in [0.15, 0.2) is 0 Å². The van der Waals surface area contributed by atoms with Crippen LogP contribution in [0.2, 0.25) is 5.02 Å². The first-order valence-electron chi connectivity index (χ1n) is 8.78. The van der Waals surface area contributed by atoms with Gasteiger partial charge in [-0.2, -0.15) is 0 Å². The van der Waals surface area contributed by atoms with E-state index in [4.69, 9.17) is 16.3 Å². The predicted octanol–water partition coefficient (Wildman–Crippen LogP) is 4.95. The molecule has 0 aliphatic rings. The molecule has 0 saturated carbocycles. The van der Waals surface area contributed by atoms with Gasteiger partial charge in [0, 0.05) is 10.2 Å². The highest BCUT2D eigenvalue weighted by Gasteiger charge is 2.27. The van der Waals surface area contributed by atoms with Crippen LogP contribution in [0.5, 0.6) is 5.75 Å². The average molecular weight is 510 g/mol. The minimum Gasteiger partial charge on any atom is -0.495 e. The maximum atomic E-state index is 13.3. The molecule has 156 valence electrons. The molecule has 6 nitrogen and oxygen atoms in total. The summed E-state index contributed by atoms with van der Waals surface area (Å²) in [5, 5.41) is 2.94. The van der Waals surface area contributed by atoms with Crippen molar-refractivity contribution >= 4 is 54.8 Å². The van der Waals surface area contributed by atoms with Crippen LogP contribution in [-0.4, -0.2) is 28.0 Å². The van der Waals surface area contributed by atoms with Gasteiger partial charge in [0.05, 0.1) is 22.7 Å². The highest BCUT2D eigenvalue weighted by molar-refractivity contribution is 9.10. The molecular formula is C21H18BrClN2O4S. The van der Waals surface area contributed by atoms with Crippen LogP contribution in [0.1, 0.15) is 0 Å². The summed E-state index contributed by atoms with van der Waals surface area (Å²) in [7, 11) is -2.56. The predicted molar refractivity (Wildman–Crippen MR) is 122 cm³/mol. The number of carbonyl (C=O) groups excluding carboxylic acids is 1. The molecule has 3 aromatic rings. The number of anilines is 2. The monoisotopic (exact) mass is 508 g/mol. The molecule has 0 bridgehead atoms. The number of hydrogen-bond donors (Lipinski definition) is 1. The number of nitrogens with one attached hydrogen (secondary N) is 1. The number of sulfonamides is 1. The average Bonchev–Trinajstić information content (AvgIpc) is 2.72. The number of methoxy groups -OCH3 is 1. The first kappa shape index (κ1) is 22.1. The van der Waals surface area contributed by atoms with Crippen molar-refractivity contribution in [2.75, 3.05) is 23.3 Å². The Labute approximate surface area is 188 Å². The summed E-state index contributed by atoms with van der Waals surface area (Å²) in [6.07, 6.45) is 0. The fourth-order valence-electron chi connectivity index (χ4n) is 2.74. The number of benzene rings is 3. The van der Waals surface area contributed by atoms with Gasteiger partial charge in [-0.3, -0.25) is 9.10 Å². The van der Waals surface area contributed by atoms with Crippen molar-refractivity contribution < 1.29 is 17.9 Å².